The molecule has 1 spiro atoms. The summed E-state index contributed by atoms with van der Waals surface area (Å²) in [5, 5.41) is 0. The first-order valence-corrected chi connectivity index (χ1v) is 6.33. The topological polar surface area (TPSA) is 32.8 Å². The number of epoxide rings is 1. The second kappa shape index (κ2) is 4.05. The van der Waals surface area contributed by atoms with Crippen LogP contribution in [0.3, 0.4) is 0 Å². The van der Waals surface area contributed by atoms with Gasteiger partial charge in [0.25, 0.3) is 5.91 Å². The predicted molar refractivity (Wildman–Crippen MR) is 64.8 cm³/mol. The number of ether oxygens (including phenoxy) is 1. The van der Waals surface area contributed by atoms with Crippen LogP contribution < -0.4 is 0 Å². The molecule has 2 fully saturated rings. The van der Waals surface area contributed by atoms with Crippen molar-refractivity contribution in [1.82, 2.24) is 4.90 Å². The van der Waals surface area contributed by atoms with Crippen LogP contribution in [0.5, 0.6) is 0 Å². The number of halogens is 1. The molecule has 2 aliphatic heterocycles. The Kier molecular flexibility index (Phi) is 2.63. The van der Waals surface area contributed by atoms with Crippen molar-refractivity contribution in [3.8, 4) is 0 Å². The van der Waals surface area contributed by atoms with E-state index in [9.17, 15) is 9.18 Å². The number of rotatable bonds is 1. The van der Waals surface area contributed by atoms with E-state index in [0.717, 1.165) is 25.9 Å². The molecule has 1 aromatic carbocycles. The van der Waals surface area contributed by atoms with Crippen molar-refractivity contribution in [2.45, 2.75) is 31.5 Å². The Hall–Kier alpha value is -1.42. The van der Waals surface area contributed by atoms with E-state index in [1.807, 2.05) is 4.90 Å². The lowest BCUT2D eigenvalue weighted by molar-refractivity contribution is 0.0663. The fraction of sp³-hybridized carbons (Fsp3) is 0.500. The van der Waals surface area contributed by atoms with Crippen LogP contribution in [0.2, 0.25) is 0 Å². The van der Waals surface area contributed by atoms with Crippen LogP contribution in [0.4, 0.5) is 4.39 Å². The van der Waals surface area contributed by atoms with Gasteiger partial charge in [-0.1, -0.05) is 0 Å². The lowest BCUT2D eigenvalue weighted by atomic mass is 9.93. The van der Waals surface area contributed by atoms with Crippen molar-refractivity contribution in [1.29, 1.82) is 0 Å². The first-order chi connectivity index (χ1) is 8.61. The fourth-order valence-electron chi connectivity index (χ4n) is 2.71. The van der Waals surface area contributed by atoms with Crippen LogP contribution in [0.25, 0.3) is 0 Å². The Morgan fingerprint density at radius 1 is 1.33 bits per heavy atom. The largest absolute Gasteiger partial charge is 0.366 e. The quantitative estimate of drug-likeness (QED) is 0.715. The van der Waals surface area contributed by atoms with E-state index in [1.54, 1.807) is 0 Å². The molecule has 3 nitrogen and oxygen atoms in total. The minimum absolute atomic E-state index is 0.0156. The van der Waals surface area contributed by atoms with Crippen molar-refractivity contribution < 1.29 is 13.9 Å². The number of carbonyl (C=O) groups is 1. The molecular weight excluding hydrogens is 233 g/mol. The number of nitrogens with zero attached hydrogens (tertiary/aromatic N) is 1. The Bertz CT molecular complexity index is 463. The maximum Gasteiger partial charge on any atom is 0.253 e. The SMILES string of the molecule is CC1OC12CCN(C(=O)c1ccc(F)cc1)CC2. The number of carbonyl (C=O) groups excluding carboxylic acids is 1. The molecule has 1 amide bonds. The van der Waals surface area contributed by atoms with Crippen LogP contribution in [-0.2, 0) is 4.74 Å². The van der Waals surface area contributed by atoms with Gasteiger partial charge in [-0.15, -0.1) is 0 Å². The highest BCUT2D eigenvalue weighted by molar-refractivity contribution is 5.94. The summed E-state index contributed by atoms with van der Waals surface area (Å²) in [5.41, 5.74) is 0.594. The molecule has 4 heteroatoms. The molecule has 18 heavy (non-hydrogen) atoms. The number of hydrogen-bond donors (Lipinski definition) is 0. The summed E-state index contributed by atoms with van der Waals surface area (Å²) in [6, 6.07) is 5.73. The van der Waals surface area contributed by atoms with E-state index in [4.69, 9.17) is 4.74 Å². The van der Waals surface area contributed by atoms with Gasteiger partial charge in [0, 0.05) is 18.7 Å². The zero-order valence-electron chi connectivity index (χ0n) is 10.4. The average molecular weight is 249 g/mol. The Morgan fingerprint density at radius 3 is 2.39 bits per heavy atom. The third-order valence-corrected chi connectivity index (χ3v) is 4.08. The van der Waals surface area contributed by atoms with Gasteiger partial charge in [0.15, 0.2) is 0 Å². The molecule has 0 bridgehead atoms. The number of hydrogen-bond acceptors (Lipinski definition) is 2. The zero-order chi connectivity index (χ0) is 12.8. The average Bonchev–Trinajstić information content (AvgIpc) is 3.00. The summed E-state index contributed by atoms with van der Waals surface area (Å²) in [4.78, 5) is 14.0. The third-order valence-electron chi connectivity index (χ3n) is 4.08. The molecule has 2 saturated heterocycles. The molecule has 1 aromatic rings. The van der Waals surface area contributed by atoms with Gasteiger partial charge in [-0.25, -0.2) is 4.39 Å². The molecule has 2 aliphatic rings. The molecule has 3 rings (SSSR count). The van der Waals surface area contributed by atoms with Gasteiger partial charge in [-0.05, 0) is 44.0 Å². The summed E-state index contributed by atoms with van der Waals surface area (Å²) >= 11 is 0. The molecule has 2 heterocycles. The molecule has 0 N–H and O–H groups in total. The molecule has 1 atom stereocenters. The maximum absolute atomic E-state index is 12.8. The highest BCUT2D eigenvalue weighted by atomic mass is 19.1. The maximum atomic E-state index is 12.8. The van der Waals surface area contributed by atoms with Crippen molar-refractivity contribution >= 4 is 5.91 Å². The summed E-state index contributed by atoms with van der Waals surface area (Å²) < 4.78 is 18.4. The first kappa shape index (κ1) is 11.7. The van der Waals surface area contributed by atoms with E-state index in [2.05, 4.69) is 6.92 Å². The number of piperidine rings is 1. The van der Waals surface area contributed by atoms with E-state index >= 15 is 0 Å². The molecule has 0 radical (unpaired) electrons. The van der Waals surface area contributed by atoms with Crippen molar-refractivity contribution in [3.05, 3.63) is 35.6 Å². The third kappa shape index (κ3) is 1.90. The van der Waals surface area contributed by atoms with Gasteiger partial charge in [0.1, 0.15) is 5.82 Å². The Labute approximate surface area is 106 Å². The van der Waals surface area contributed by atoms with E-state index in [1.165, 1.54) is 24.3 Å². The predicted octanol–water partition coefficient (Wildman–Crippen LogP) is 2.22. The second-order valence-corrected chi connectivity index (χ2v) is 5.12. The molecule has 1 unspecified atom stereocenters. The first-order valence-electron chi connectivity index (χ1n) is 6.33. The fourth-order valence-corrected chi connectivity index (χ4v) is 2.71. The lowest BCUT2D eigenvalue weighted by Gasteiger charge is -2.30. The lowest BCUT2D eigenvalue weighted by Crippen LogP contribution is -2.42. The van der Waals surface area contributed by atoms with E-state index < -0.39 is 0 Å². The molecule has 0 aromatic heterocycles. The summed E-state index contributed by atoms with van der Waals surface area (Å²) in [5.74, 6) is -0.331. The monoisotopic (exact) mass is 249 g/mol. The van der Waals surface area contributed by atoms with Crippen LogP contribution >= 0.6 is 0 Å². The van der Waals surface area contributed by atoms with Gasteiger partial charge in [-0.3, -0.25) is 4.79 Å². The van der Waals surface area contributed by atoms with Crippen molar-refractivity contribution in [3.63, 3.8) is 0 Å². The molecular formula is C14H16FNO2. The summed E-state index contributed by atoms with van der Waals surface area (Å²) in [6.07, 6.45) is 2.14. The molecule has 96 valence electrons. The van der Waals surface area contributed by atoms with Crippen LogP contribution in [0.1, 0.15) is 30.1 Å². The minimum Gasteiger partial charge on any atom is -0.366 e. The summed E-state index contributed by atoms with van der Waals surface area (Å²) in [6.45, 7) is 3.53. The highest BCUT2D eigenvalue weighted by Crippen LogP contribution is 2.44. The van der Waals surface area contributed by atoms with Crippen molar-refractivity contribution in [2.75, 3.05) is 13.1 Å². The van der Waals surface area contributed by atoms with Crippen LogP contribution in [0.15, 0.2) is 24.3 Å². The summed E-state index contributed by atoms with van der Waals surface area (Å²) in [7, 11) is 0. The highest BCUT2D eigenvalue weighted by Gasteiger charge is 2.54. The van der Waals surface area contributed by atoms with E-state index in [-0.39, 0.29) is 17.3 Å². The van der Waals surface area contributed by atoms with E-state index in [0.29, 0.717) is 11.7 Å². The van der Waals surface area contributed by atoms with Gasteiger partial charge in [0.2, 0.25) is 0 Å². The van der Waals surface area contributed by atoms with Gasteiger partial charge < -0.3 is 9.64 Å². The molecule has 0 saturated carbocycles. The standard InChI is InChI=1S/C14H16FNO2/c1-10-14(18-10)6-8-16(9-7-14)13(17)11-2-4-12(15)5-3-11/h2-5,10H,6-9H2,1H3. The second-order valence-electron chi connectivity index (χ2n) is 5.12. The van der Waals surface area contributed by atoms with Crippen LogP contribution in [0, 0.1) is 5.82 Å². The Balaban J connectivity index is 1.66. The smallest absolute Gasteiger partial charge is 0.253 e. The normalized spacial score (nSPS) is 25.2. The number of benzene rings is 1. The minimum atomic E-state index is -0.315. The number of amides is 1. The van der Waals surface area contributed by atoms with Gasteiger partial charge >= 0.3 is 0 Å². The number of likely N-dealkylation sites (tertiary alicyclic amines) is 1. The zero-order valence-corrected chi connectivity index (χ0v) is 10.4. The Morgan fingerprint density at radius 2 is 1.89 bits per heavy atom. The van der Waals surface area contributed by atoms with Gasteiger partial charge in [0.05, 0.1) is 11.7 Å². The van der Waals surface area contributed by atoms with Crippen molar-refractivity contribution in [2.24, 2.45) is 0 Å². The van der Waals surface area contributed by atoms with Gasteiger partial charge in [-0.2, -0.15) is 0 Å². The van der Waals surface area contributed by atoms with Crippen LogP contribution in [-0.4, -0.2) is 35.6 Å². The molecule has 0 aliphatic carbocycles.